The fourth-order valence-electron chi connectivity index (χ4n) is 3.35. The maximum atomic E-state index is 12.9. The molecule has 0 radical (unpaired) electrons. The standard InChI is InChI=1S/C22H27N3O3/c1-23(2)19-10-8-17(9-11-19)21(26)24-12-5-13-25(15-14-24)22(27)18-6-4-7-20(16-18)28-3/h4,6-11,16H,5,12-15H2,1-3H3. The number of rotatable bonds is 4. The summed E-state index contributed by atoms with van der Waals surface area (Å²) >= 11 is 0. The molecule has 1 aliphatic rings. The Kier molecular flexibility index (Phi) is 6.19. The fraction of sp³-hybridized carbons (Fsp3) is 0.364. The minimum Gasteiger partial charge on any atom is -0.497 e. The summed E-state index contributed by atoms with van der Waals surface area (Å²) in [5.74, 6) is 0.656. The third kappa shape index (κ3) is 4.44. The van der Waals surface area contributed by atoms with Crippen molar-refractivity contribution in [2.75, 3.05) is 52.3 Å². The van der Waals surface area contributed by atoms with Crippen molar-refractivity contribution in [2.24, 2.45) is 0 Å². The highest BCUT2D eigenvalue weighted by Crippen LogP contribution is 2.17. The maximum Gasteiger partial charge on any atom is 0.254 e. The van der Waals surface area contributed by atoms with Gasteiger partial charge in [-0.25, -0.2) is 0 Å². The molecule has 1 saturated heterocycles. The van der Waals surface area contributed by atoms with Gasteiger partial charge in [-0.1, -0.05) is 6.07 Å². The molecule has 1 aliphatic heterocycles. The monoisotopic (exact) mass is 381 g/mol. The molecule has 0 aliphatic carbocycles. The van der Waals surface area contributed by atoms with Gasteiger partial charge >= 0.3 is 0 Å². The minimum absolute atomic E-state index is 0.0148. The second-order valence-corrected chi connectivity index (χ2v) is 7.11. The molecule has 6 heteroatoms. The summed E-state index contributed by atoms with van der Waals surface area (Å²) in [7, 11) is 5.53. The van der Waals surface area contributed by atoms with Crippen molar-refractivity contribution in [3.8, 4) is 5.75 Å². The number of amides is 2. The molecule has 2 aromatic carbocycles. The molecule has 0 N–H and O–H groups in total. The average Bonchev–Trinajstić information content (AvgIpc) is 2.99. The lowest BCUT2D eigenvalue weighted by molar-refractivity contribution is 0.0718. The number of carbonyl (C=O) groups excluding carboxylic acids is 2. The van der Waals surface area contributed by atoms with Crippen molar-refractivity contribution >= 4 is 17.5 Å². The van der Waals surface area contributed by atoms with E-state index in [4.69, 9.17) is 4.74 Å². The first kappa shape index (κ1) is 19.7. The zero-order valence-electron chi connectivity index (χ0n) is 16.7. The second kappa shape index (κ2) is 8.78. The Hall–Kier alpha value is -3.02. The van der Waals surface area contributed by atoms with E-state index < -0.39 is 0 Å². The molecule has 3 rings (SSSR count). The Morgan fingerprint density at radius 3 is 2.04 bits per heavy atom. The van der Waals surface area contributed by atoms with Crippen LogP contribution in [0.25, 0.3) is 0 Å². The Morgan fingerprint density at radius 2 is 1.46 bits per heavy atom. The fourth-order valence-corrected chi connectivity index (χ4v) is 3.35. The number of ether oxygens (including phenoxy) is 1. The van der Waals surface area contributed by atoms with Gasteiger partial charge in [-0.05, 0) is 48.9 Å². The predicted octanol–water partition coefficient (Wildman–Crippen LogP) is 2.75. The Labute approximate surface area is 166 Å². The van der Waals surface area contributed by atoms with Gasteiger partial charge in [0.25, 0.3) is 11.8 Å². The first-order chi connectivity index (χ1) is 13.5. The molecular weight excluding hydrogens is 354 g/mol. The van der Waals surface area contributed by atoms with Crippen LogP contribution in [0.5, 0.6) is 5.75 Å². The van der Waals surface area contributed by atoms with Crippen LogP contribution >= 0.6 is 0 Å². The first-order valence-corrected chi connectivity index (χ1v) is 9.49. The van der Waals surface area contributed by atoms with Gasteiger partial charge in [-0.3, -0.25) is 9.59 Å². The van der Waals surface area contributed by atoms with Crippen LogP contribution in [0.15, 0.2) is 48.5 Å². The van der Waals surface area contributed by atoms with E-state index in [2.05, 4.69) is 0 Å². The van der Waals surface area contributed by atoms with Crippen molar-refractivity contribution < 1.29 is 14.3 Å². The lowest BCUT2D eigenvalue weighted by Gasteiger charge is -2.23. The van der Waals surface area contributed by atoms with Gasteiger partial charge in [-0.2, -0.15) is 0 Å². The Balaban J connectivity index is 1.65. The molecule has 0 saturated carbocycles. The van der Waals surface area contributed by atoms with Gasteiger partial charge in [0.15, 0.2) is 0 Å². The Bertz CT molecular complexity index is 833. The molecular formula is C22H27N3O3. The molecule has 0 bridgehead atoms. The zero-order valence-corrected chi connectivity index (χ0v) is 16.7. The molecule has 1 fully saturated rings. The SMILES string of the molecule is COc1cccc(C(=O)N2CCCN(C(=O)c3ccc(N(C)C)cc3)CC2)c1. The van der Waals surface area contributed by atoms with E-state index >= 15 is 0 Å². The van der Waals surface area contributed by atoms with Crippen molar-refractivity contribution in [1.29, 1.82) is 0 Å². The highest BCUT2D eigenvalue weighted by atomic mass is 16.5. The number of nitrogens with zero attached hydrogens (tertiary/aromatic N) is 3. The number of benzene rings is 2. The molecule has 148 valence electrons. The molecule has 0 aromatic heterocycles. The van der Waals surface area contributed by atoms with Crippen LogP contribution < -0.4 is 9.64 Å². The summed E-state index contributed by atoms with van der Waals surface area (Å²) in [6.45, 7) is 2.34. The van der Waals surface area contributed by atoms with Crippen LogP contribution in [0, 0.1) is 0 Å². The second-order valence-electron chi connectivity index (χ2n) is 7.11. The van der Waals surface area contributed by atoms with Crippen LogP contribution in [-0.2, 0) is 0 Å². The van der Waals surface area contributed by atoms with Gasteiger partial charge < -0.3 is 19.4 Å². The number of hydrogen-bond acceptors (Lipinski definition) is 4. The summed E-state index contributed by atoms with van der Waals surface area (Å²) in [6, 6.07) is 14.8. The summed E-state index contributed by atoms with van der Waals surface area (Å²) in [5, 5.41) is 0. The van der Waals surface area contributed by atoms with Crippen LogP contribution in [-0.4, -0.2) is 69.0 Å². The molecule has 6 nitrogen and oxygen atoms in total. The molecule has 0 atom stereocenters. The Morgan fingerprint density at radius 1 is 0.857 bits per heavy atom. The van der Waals surface area contributed by atoms with E-state index in [9.17, 15) is 9.59 Å². The van der Waals surface area contributed by atoms with Crippen LogP contribution in [0.4, 0.5) is 5.69 Å². The van der Waals surface area contributed by atoms with Gasteiger partial charge in [0.1, 0.15) is 5.75 Å². The van der Waals surface area contributed by atoms with Gasteiger partial charge in [-0.15, -0.1) is 0 Å². The van der Waals surface area contributed by atoms with E-state index in [-0.39, 0.29) is 11.8 Å². The predicted molar refractivity (Wildman–Crippen MR) is 110 cm³/mol. The van der Waals surface area contributed by atoms with Crippen molar-refractivity contribution in [3.05, 3.63) is 59.7 Å². The number of methoxy groups -OCH3 is 1. The van der Waals surface area contributed by atoms with E-state index in [1.807, 2.05) is 65.2 Å². The summed E-state index contributed by atoms with van der Waals surface area (Å²) in [6.07, 6.45) is 0.761. The van der Waals surface area contributed by atoms with Gasteiger partial charge in [0, 0.05) is 57.1 Å². The van der Waals surface area contributed by atoms with Crippen LogP contribution in [0.2, 0.25) is 0 Å². The minimum atomic E-state index is -0.0245. The molecule has 0 spiro atoms. The molecule has 1 heterocycles. The third-order valence-electron chi connectivity index (χ3n) is 5.02. The van der Waals surface area contributed by atoms with Crippen molar-refractivity contribution in [2.45, 2.75) is 6.42 Å². The number of hydrogen-bond donors (Lipinski definition) is 0. The number of carbonyl (C=O) groups is 2. The van der Waals surface area contributed by atoms with Crippen molar-refractivity contribution in [1.82, 2.24) is 9.80 Å². The third-order valence-corrected chi connectivity index (χ3v) is 5.02. The van der Waals surface area contributed by atoms with Crippen molar-refractivity contribution in [3.63, 3.8) is 0 Å². The smallest absolute Gasteiger partial charge is 0.254 e. The largest absolute Gasteiger partial charge is 0.497 e. The van der Waals surface area contributed by atoms with Gasteiger partial charge in [0.2, 0.25) is 0 Å². The average molecular weight is 381 g/mol. The highest BCUT2D eigenvalue weighted by molar-refractivity contribution is 5.96. The van der Waals surface area contributed by atoms with E-state index in [1.54, 1.807) is 19.2 Å². The lowest BCUT2D eigenvalue weighted by atomic mass is 10.1. The summed E-state index contributed by atoms with van der Waals surface area (Å²) < 4.78 is 5.21. The van der Waals surface area contributed by atoms with E-state index in [0.717, 1.165) is 12.1 Å². The highest BCUT2D eigenvalue weighted by Gasteiger charge is 2.23. The first-order valence-electron chi connectivity index (χ1n) is 9.49. The normalized spacial score (nSPS) is 14.4. The lowest BCUT2D eigenvalue weighted by Crippen LogP contribution is -2.37. The van der Waals surface area contributed by atoms with E-state index in [0.29, 0.717) is 43.1 Å². The van der Waals surface area contributed by atoms with Crippen LogP contribution in [0.1, 0.15) is 27.1 Å². The zero-order chi connectivity index (χ0) is 20.1. The summed E-state index contributed by atoms with van der Waals surface area (Å²) in [5.41, 5.74) is 2.35. The maximum absolute atomic E-state index is 12.9. The topological polar surface area (TPSA) is 53.1 Å². The molecule has 28 heavy (non-hydrogen) atoms. The number of anilines is 1. The molecule has 0 unspecified atom stereocenters. The van der Waals surface area contributed by atoms with Gasteiger partial charge in [0.05, 0.1) is 7.11 Å². The van der Waals surface area contributed by atoms with E-state index in [1.165, 1.54) is 0 Å². The molecule has 2 amide bonds. The quantitative estimate of drug-likeness (QED) is 0.817. The molecule has 2 aromatic rings. The van der Waals surface area contributed by atoms with Crippen LogP contribution in [0.3, 0.4) is 0 Å². The summed E-state index contributed by atoms with van der Waals surface area (Å²) in [4.78, 5) is 31.3.